The Kier molecular flexibility index (Phi) is 3.91. The minimum absolute atomic E-state index is 0.201. The van der Waals surface area contributed by atoms with Crippen molar-refractivity contribution in [1.29, 1.82) is 0 Å². The summed E-state index contributed by atoms with van der Waals surface area (Å²) < 4.78 is 4.49. The van der Waals surface area contributed by atoms with Crippen molar-refractivity contribution >= 4 is 32.6 Å². The van der Waals surface area contributed by atoms with Crippen LogP contribution in [-0.4, -0.2) is 24.1 Å². The lowest BCUT2D eigenvalue weighted by molar-refractivity contribution is 0.787. The highest BCUT2D eigenvalue weighted by Gasteiger charge is 2.12. The second kappa shape index (κ2) is 6.45. The molecule has 5 rings (SSSR count). The lowest BCUT2D eigenvalue weighted by Gasteiger charge is -2.08. The minimum Gasteiger partial charge on any atom is -0.341 e. The molecule has 0 atom stereocenters. The Bertz CT molecular complexity index is 1380. The summed E-state index contributed by atoms with van der Waals surface area (Å²) >= 11 is 3.61. The molecule has 0 aliphatic rings. The molecular weight excluding hydrogens is 418 g/mol. The summed E-state index contributed by atoms with van der Waals surface area (Å²) in [5, 5.41) is 5.50. The fourth-order valence-corrected chi connectivity index (χ4v) is 3.97. The van der Waals surface area contributed by atoms with Gasteiger partial charge in [-0.05, 0) is 24.6 Å². The number of benzene rings is 2. The van der Waals surface area contributed by atoms with E-state index in [0.717, 1.165) is 26.6 Å². The van der Waals surface area contributed by atoms with Gasteiger partial charge in [0, 0.05) is 33.4 Å². The smallest absolute Gasteiger partial charge is 0.275 e. The molecule has 0 amide bonds. The summed E-state index contributed by atoms with van der Waals surface area (Å²) in [6.45, 7) is 2.63. The van der Waals surface area contributed by atoms with E-state index < -0.39 is 0 Å². The number of aromatic amines is 1. The van der Waals surface area contributed by atoms with Crippen LogP contribution in [0.2, 0.25) is 0 Å². The lowest BCUT2D eigenvalue weighted by atomic mass is 10.2. The van der Waals surface area contributed by atoms with E-state index in [-0.39, 0.29) is 5.56 Å². The van der Waals surface area contributed by atoms with E-state index in [9.17, 15) is 4.79 Å². The third-order valence-corrected chi connectivity index (χ3v) is 5.52. The topological polar surface area (TPSA) is 68.0 Å². The van der Waals surface area contributed by atoms with Crippen molar-refractivity contribution in [3.63, 3.8) is 0 Å². The number of nitrogens with zero attached hydrogens (tertiary/aromatic N) is 4. The molecule has 28 heavy (non-hydrogen) atoms. The normalized spacial score (nSPS) is 11.5. The molecule has 0 bridgehead atoms. The molecule has 1 N–H and O–H groups in total. The Labute approximate surface area is 168 Å². The van der Waals surface area contributed by atoms with Crippen molar-refractivity contribution in [2.24, 2.45) is 0 Å². The van der Waals surface area contributed by atoms with Crippen LogP contribution in [0, 0.1) is 6.92 Å². The van der Waals surface area contributed by atoms with Crippen molar-refractivity contribution in [1.82, 2.24) is 24.1 Å². The molecule has 5 aromatic rings. The maximum atomic E-state index is 12.6. The fraction of sp³-hybridized carbons (Fsp3) is 0.0952. The number of aromatic nitrogens is 5. The van der Waals surface area contributed by atoms with E-state index in [2.05, 4.69) is 60.7 Å². The van der Waals surface area contributed by atoms with Gasteiger partial charge in [-0.3, -0.25) is 4.79 Å². The summed E-state index contributed by atoms with van der Waals surface area (Å²) in [5.41, 5.74) is 3.77. The van der Waals surface area contributed by atoms with Gasteiger partial charge in [-0.25, -0.2) is 0 Å². The van der Waals surface area contributed by atoms with Crippen molar-refractivity contribution in [3.05, 3.63) is 86.9 Å². The van der Waals surface area contributed by atoms with Crippen molar-refractivity contribution in [3.8, 4) is 11.4 Å². The van der Waals surface area contributed by atoms with Gasteiger partial charge in [0.25, 0.3) is 5.56 Å². The van der Waals surface area contributed by atoms with Crippen molar-refractivity contribution in [2.75, 3.05) is 0 Å². The van der Waals surface area contributed by atoms with Crippen LogP contribution in [0.3, 0.4) is 0 Å². The molecular formula is C21H16BrN5O. The number of hydrogen-bond donors (Lipinski definition) is 1. The van der Waals surface area contributed by atoms with Crippen LogP contribution in [0.1, 0.15) is 11.3 Å². The van der Waals surface area contributed by atoms with E-state index in [1.165, 1.54) is 10.1 Å². The standard InChI is InChI=1S/C21H16BrN5O/c1-13-7-8-17(22)16-9-10-26(19(13)16)12-15-11-18(28)27-21(23-15)24-20(25-27)14-5-3-2-4-6-14/h2-11H,12H2,1H3,(H,23,24,25). The van der Waals surface area contributed by atoms with Crippen LogP contribution in [0.4, 0.5) is 0 Å². The third-order valence-electron chi connectivity index (χ3n) is 4.83. The summed E-state index contributed by atoms with van der Waals surface area (Å²) in [6.07, 6.45) is 2.03. The average Bonchev–Trinajstić information content (AvgIpc) is 3.31. The van der Waals surface area contributed by atoms with E-state index in [1.54, 1.807) is 6.07 Å². The summed E-state index contributed by atoms with van der Waals surface area (Å²) in [4.78, 5) is 20.3. The SMILES string of the molecule is Cc1ccc(Br)c2ccn(Cc3cc(=O)n4nc(-c5ccccc5)nc4[nH]3)c12. The molecule has 6 nitrogen and oxygen atoms in total. The van der Waals surface area contributed by atoms with Crippen LogP contribution in [-0.2, 0) is 6.54 Å². The molecule has 3 aromatic heterocycles. The van der Waals surface area contributed by atoms with Crippen LogP contribution >= 0.6 is 15.9 Å². The van der Waals surface area contributed by atoms with Gasteiger partial charge in [-0.1, -0.05) is 52.3 Å². The zero-order valence-electron chi connectivity index (χ0n) is 15.1. The quantitative estimate of drug-likeness (QED) is 0.464. The van der Waals surface area contributed by atoms with E-state index in [4.69, 9.17) is 0 Å². The predicted octanol–water partition coefficient (Wildman–Crippen LogP) is 4.16. The van der Waals surface area contributed by atoms with E-state index in [1.807, 2.05) is 36.5 Å². The minimum atomic E-state index is -0.201. The van der Waals surface area contributed by atoms with Gasteiger partial charge in [0.15, 0.2) is 5.82 Å². The Morgan fingerprint density at radius 1 is 1.11 bits per heavy atom. The van der Waals surface area contributed by atoms with Crippen LogP contribution in [0.15, 0.2) is 70.1 Å². The molecule has 138 valence electrons. The molecule has 7 heteroatoms. The van der Waals surface area contributed by atoms with Crippen LogP contribution in [0.25, 0.3) is 28.1 Å². The van der Waals surface area contributed by atoms with Gasteiger partial charge in [0.2, 0.25) is 5.78 Å². The van der Waals surface area contributed by atoms with Gasteiger partial charge in [-0.2, -0.15) is 9.50 Å². The highest BCUT2D eigenvalue weighted by Crippen LogP contribution is 2.28. The molecule has 0 unspecified atom stereocenters. The van der Waals surface area contributed by atoms with E-state index in [0.29, 0.717) is 18.1 Å². The van der Waals surface area contributed by atoms with Crippen molar-refractivity contribution < 1.29 is 0 Å². The summed E-state index contributed by atoms with van der Waals surface area (Å²) in [6, 6.07) is 17.4. The Balaban J connectivity index is 1.59. The largest absolute Gasteiger partial charge is 0.341 e. The summed E-state index contributed by atoms with van der Waals surface area (Å²) in [7, 11) is 0. The molecule has 0 saturated carbocycles. The highest BCUT2D eigenvalue weighted by atomic mass is 79.9. The lowest BCUT2D eigenvalue weighted by Crippen LogP contribution is -2.17. The fourth-order valence-electron chi connectivity index (χ4n) is 3.52. The number of rotatable bonds is 3. The Morgan fingerprint density at radius 2 is 1.93 bits per heavy atom. The first-order valence-electron chi connectivity index (χ1n) is 8.88. The molecule has 0 fully saturated rings. The number of aryl methyl sites for hydroxylation is 1. The molecule has 3 heterocycles. The number of hydrogen-bond acceptors (Lipinski definition) is 3. The zero-order valence-corrected chi connectivity index (χ0v) is 16.6. The van der Waals surface area contributed by atoms with E-state index >= 15 is 0 Å². The Morgan fingerprint density at radius 3 is 2.75 bits per heavy atom. The Hall–Kier alpha value is -3.19. The van der Waals surface area contributed by atoms with Crippen molar-refractivity contribution in [2.45, 2.75) is 13.5 Å². The number of fused-ring (bicyclic) bond motifs is 2. The summed E-state index contributed by atoms with van der Waals surface area (Å²) in [5.74, 6) is 0.966. The van der Waals surface area contributed by atoms with Crippen LogP contribution < -0.4 is 5.56 Å². The highest BCUT2D eigenvalue weighted by molar-refractivity contribution is 9.10. The van der Waals surface area contributed by atoms with Gasteiger partial charge in [-0.15, -0.1) is 5.10 Å². The van der Waals surface area contributed by atoms with Crippen LogP contribution in [0.5, 0.6) is 0 Å². The third kappa shape index (κ3) is 2.75. The molecule has 2 aromatic carbocycles. The first kappa shape index (κ1) is 16.9. The molecule has 0 aliphatic heterocycles. The average molecular weight is 434 g/mol. The second-order valence-electron chi connectivity index (χ2n) is 6.74. The van der Waals surface area contributed by atoms with Gasteiger partial charge in [0.1, 0.15) is 0 Å². The maximum absolute atomic E-state index is 12.6. The molecule has 0 aliphatic carbocycles. The maximum Gasteiger partial charge on any atom is 0.275 e. The number of nitrogens with one attached hydrogen (secondary N) is 1. The zero-order chi connectivity index (χ0) is 19.3. The number of halogens is 1. The second-order valence-corrected chi connectivity index (χ2v) is 7.59. The number of H-pyrrole nitrogens is 1. The predicted molar refractivity (Wildman–Crippen MR) is 113 cm³/mol. The molecule has 0 saturated heterocycles. The van der Waals surface area contributed by atoms with Gasteiger partial charge in [0.05, 0.1) is 12.1 Å². The first-order valence-corrected chi connectivity index (χ1v) is 9.68. The molecule has 0 spiro atoms. The van der Waals surface area contributed by atoms with Gasteiger partial charge >= 0.3 is 0 Å². The first-order chi connectivity index (χ1) is 13.6. The van der Waals surface area contributed by atoms with Gasteiger partial charge < -0.3 is 9.55 Å². The molecule has 0 radical (unpaired) electrons. The monoisotopic (exact) mass is 433 g/mol.